The van der Waals surface area contributed by atoms with E-state index in [-0.39, 0.29) is 18.1 Å². The first-order valence-electron chi connectivity index (χ1n) is 6.58. The fourth-order valence-corrected chi connectivity index (χ4v) is 2.05. The molecular formula is C14H15ClN4O3. The molecule has 2 rings (SSSR count). The lowest BCUT2D eigenvalue weighted by Crippen LogP contribution is -2.26. The third kappa shape index (κ3) is 4.78. The molecule has 4 N–H and O–H groups in total. The van der Waals surface area contributed by atoms with Crippen LogP contribution in [0, 0.1) is 0 Å². The summed E-state index contributed by atoms with van der Waals surface area (Å²) in [5.74, 6) is 0.0819. The van der Waals surface area contributed by atoms with Crippen LogP contribution in [0.2, 0.25) is 5.02 Å². The fraction of sp³-hybridized carbons (Fsp3) is 0.214. The molecule has 0 atom stereocenters. The van der Waals surface area contributed by atoms with E-state index in [1.165, 1.54) is 6.20 Å². The summed E-state index contributed by atoms with van der Waals surface area (Å²) in [7, 11) is 0. The second kappa shape index (κ2) is 7.46. The Balaban J connectivity index is 1.81. The molecule has 0 spiro atoms. The highest BCUT2D eigenvalue weighted by molar-refractivity contribution is 6.30. The highest BCUT2D eigenvalue weighted by Gasteiger charge is 2.09. The SMILES string of the molecule is O=C(O)NCc1ncc(C(=O)NCCc2cccc(Cl)c2)[nH]1. The van der Waals surface area contributed by atoms with Gasteiger partial charge in [0, 0.05) is 11.6 Å². The van der Waals surface area contributed by atoms with Crippen LogP contribution in [0.3, 0.4) is 0 Å². The van der Waals surface area contributed by atoms with Crippen molar-refractivity contribution in [1.29, 1.82) is 0 Å². The van der Waals surface area contributed by atoms with Gasteiger partial charge in [-0.25, -0.2) is 9.78 Å². The number of carbonyl (C=O) groups excluding carboxylic acids is 1. The van der Waals surface area contributed by atoms with Crippen molar-refractivity contribution in [2.24, 2.45) is 0 Å². The van der Waals surface area contributed by atoms with E-state index in [4.69, 9.17) is 16.7 Å². The predicted octanol–water partition coefficient (Wildman–Crippen LogP) is 1.80. The number of halogens is 1. The average Bonchev–Trinajstić information content (AvgIpc) is 2.94. The number of aromatic amines is 1. The number of carboxylic acid groups (broad SMARTS) is 1. The molecule has 0 aliphatic carbocycles. The van der Waals surface area contributed by atoms with Crippen LogP contribution in [0.4, 0.5) is 4.79 Å². The van der Waals surface area contributed by atoms with Crippen molar-refractivity contribution in [3.05, 3.63) is 52.6 Å². The molecule has 1 aromatic heterocycles. The van der Waals surface area contributed by atoms with Gasteiger partial charge in [0.05, 0.1) is 12.7 Å². The molecule has 1 aromatic carbocycles. The number of imidazole rings is 1. The normalized spacial score (nSPS) is 10.2. The van der Waals surface area contributed by atoms with E-state index < -0.39 is 6.09 Å². The topological polar surface area (TPSA) is 107 Å². The van der Waals surface area contributed by atoms with Crippen molar-refractivity contribution < 1.29 is 14.7 Å². The standard InChI is InChI=1S/C14H15ClN4O3/c15-10-3-1-2-9(6-10)4-5-16-13(20)11-7-17-12(19-11)8-18-14(21)22/h1-3,6-7,18H,4-5,8H2,(H,16,20)(H,17,19)(H,21,22). The molecule has 116 valence electrons. The molecule has 0 fully saturated rings. The molecule has 2 aromatic rings. The Bertz CT molecular complexity index is 672. The number of nitrogens with one attached hydrogen (secondary N) is 3. The van der Waals surface area contributed by atoms with E-state index in [1.807, 2.05) is 18.2 Å². The van der Waals surface area contributed by atoms with Gasteiger partial charge in [0.25, 0.3) is 5.91 Å². The molecule has 22 heavy (non-hydrogen) atoms. The van der Waals surface area contributed by atoms with Crippen LogP contribution in [0.1, 0.15) is 21.9 Å². The number of aromatic nitrogens is 2. The number of H-pyrrole nitrogens is 1. The van der Waals surface area contributed by atoms with Gasteiger partial charge in [-0.2, -0.15) is 0 Å². The number of benzene rings is 1. The Morgan fingerprint density at radius 2 is 2.14 bits per heavy atom. The van der Waals surface area contributed by atoms with Gasteiger partial charge in [0.2, 0.25) is 0 Å². The van der Waals surface area contributed by atoms with Gasteiger partial charge in [-0.15, -0.1) is 0 Å². The summed E-state index contributed by atoms with van der Waals surface area (Å²) in [5.41, 5.74) is 1.32. The van der Waals surface area contributed by atoms with Crippen molar-refractivity contribution in [2.45, 2.75) is 13.0 Å². The number of hydrogen-bond donors (Lipinski definition) is 4. The number of carbonyl (C=O) groups is 2. The van der Waals surface area contributed by atoms with Gasteiger partial charge < -0.3 is 20.7 Å². The predicted molar refractivity (Wildman–Crippen MR) is 80.9 cm³/mol. The zero-order valence-electron chi connectivity index (χ0n) is 11.6. The Hall–Kier alpha value is -2.54. The summed E-state index contributed by atoms with van der Waals surface area (Å²) in [5, 5.41) is 14.1. The van der Waals surface area contributed by atoms with Crippen LogP contribution in [0.15, 0.2) is 30.5 Å². The lowest BCUT2D eigenvalue weighted by molar-refractivity contribution is 0.0949. The number of rotatable bonds is 6. The van der Waals surface area contributed by atoms with Gasteiger partial charge in [0.15, 0.2) is 0 Å². The van der Waals surface area contributed by atoms with E-state index in [0.29, 0.717) is 23.8 Å². The summed E-state index contributed by atoms with van der Waals surface area (Å²) in [6, 6.07) is 7.43. The van der Waals surface area contributed by atoms with Gasteiger partial charge in [-0.05, 0) is 24.1 Å². The molecule has 0 unspecified atom stereocenters. The first-order chi connectivity index (χ1) is 10.5. The van der Waals surface area contributed by atoms with Gasteiger partial charge in [-0.3, -0.25) is 4.79 Å². The maximum Gasteiger partial charge on any atom is 0.405 e. The Labute approximate surface area is 131 Å². The molecule has 1 heterocycles. The fourth-order valence-electron chi connectivity index (χ4n) is 1.84. The Kier molecular flexibility index (Phi) is 5.37. The van der Waals surface area contributed by atoms with Crippen molar-refractivity contribution in [1.82, 2.24) is 20.6 Å². The van der Waals surface area contributed by atoms with E-state index in [1.54, 1.807) is 6.07 Å². The highest BCUT2D eigenvalue weighted by atomic mass is 35.5. The minimum Gasteiger partial charge on any atom is -0.465 e. The molecule has 8 heteroatoms. The molecule has 0 radical (unpaired) electrons. The molecule has 0 aliphatic heterocycles. The summed E-state index contributed by atoms with van der Waals surface area (Å²) < 4.78 is 0. The van der Waals surface area contributed by atoms with Gasteiger partial charge in [-0.1, -0.05) is 23.7 Å². The van der Waals surface area contributed by atoms with Crippen LogP contribution < -0.4 is 10.6 Å². The van der Waals surface area contributed by atoms with Gasteiger partial charge in [0.1, 0.15) is 11.5 Å². The van der Waals surface area contributed by atoms with Crippen LogP contribution in [-0.2, 0) is 13.0 Å². The second-order valence-corrected chi connectivity index (χ2v) is 4.97. The van der Waals surface area contributed by atoms with Crippen LogP contribution in [0.25, 0.3) is 0 Å². The smallest absolute Gasteiger partial charge is 0.405 e. The lowest BCUT2D eigenvalue weighted by atomic mass is 10.1. The number of hydrogen-bond acceptors (Lipinski definition) is 3. The first-order valence-corrected chi connectivity index (χ1v) is 6.95. The maximum atomic E-state index is 11.9. The summed E-state index contributed by atoms with van der Waals surface area (Å²) >= 11 is 5.89. The van der Waals surface area contributed by atoms with Crippen LogP contribution in [-0.4, -0.2) is 33.6 Å². The zero-order chi connectivity index (χ0) is 15.9. The van der Waals surface area contributed by atoms with E-state index in [0.717, 1.165) is 5.56 Å². The summed E-state index contributed by atoms with van der Waals surface area (Å²) in [6.07, 6.45) is 0.880. The number of nitrogens with zero attached hydrogens (tertiary/aromatic N) is 1. The van der Waals surface area contributed by atoms with Crippen molar-refractivity contribution in [2.75, 3.05) is 6.54 Å². The third-order valence-corrected chi connectivity index (χ3v) is 3.10. The molecule has 0 saturated carbocycles. The molecule has 0 saturated heterocycles. The van der Waals surface area contributed by atoms with Crippen molar-refractivity contribution in [3.8, 4) is 0 Å². The lowest BCUT2D eigenvalue weighted by Gasteiger charge is -2.04. The largest absolute Gasteiger partial charge is 0.465 e. The quantitative estimate of drug-likeness (QED) is 0.650. The second-order valence-electron chi connectivity index (χ2n) is 4.54. The maximum absolute atomic E-state index is 11.9. The monoisotopic (exact) mass is 322 g/mol. The minimum absolute atomic E-state index is 0.0190. The summed E-state index contributed by atoms with van der Waals surface area (Å²) in [6.45, 7) is 0.478. The first kappa shape index (κ1) is 15.8. The van der Waals surface area contributed by atoms with Crippen LogP contribution in [0.5, 0.6) is 0 Å². The Morgan fingerprint density at radius 3 is 2.86 bits per heavy atom. The third-order valence-electron chi connectivity index (χ3n) is 2.87. The van der Waals surface area contributed by atoms with Crippen LogP contribution >= 0.6 is 11.6 Å². The van der Waals surface area contributed by atoms with E-state index in [2.05, 4.69) is 20.6 Å². The molecule has 2 amide bonds. The molecule has 0 aliphatic rings. The molecule has 7 nitrogen and oxygen atoms in total. The Morgan fingerprint density at radius 1 is 1.32 bits per heavy atom. The number of amides is 2. The van der Waals surface area contributed by atoms with Crippen molar-refractivity contribution >= 4 is 23.6 Å². The highest BCUT2D eigenvalue weighted by Crippen LogP contribution is 2.10. The molecule has 0 bridgehead atoms. The minimum atomic E-state index is -1.15. The zero-order valence-corrected chi connectivity index (χ0v) is 12.4. The average molecular weight is 323 g/mol. The summed E-state index contributed by atoms with van der Waals surface area (Å²) in [4.78, 5) is 29.0. The van der Waals surface area contributed by atoms with E-state index >= 15 is 0 Å². The van der Waals surface area contributed by atoms with Crippen molar-refractivity contribution in [3.63, 3.8) is 0 Å². The van der Waals surface area contributed by atoms with E-state index in [9.17, 15) is 9.59 Å². The molecular weight excluding hydrogens is 308 g/mol. The van der Waals surface area contributed by atoms with Gasteiger partial charge >= 0.3 is 6.09 Å².